The van der Waals surface area contributed by atoms with E-state index >= 15 is 0 Å². The van der Waals surface area contributed by atoms with Crippen molar-refractivity contribution in [3.05, 3.63) is 91.3 Å². The van der Waals surface area contributed by atoms with Crippen molar-refractivity contribution in [2.24, 2.45) is 0 Å². The van der Waals surface area contributed by atoms with Gasteiger partial charge in [-0.05, 0) is 54.1 Å². The van der Waals surface area contributed by atoms with Gasteiger partial charge in [-0.2, -0.15) is 0 Å². The Balaban J connectivity index is 1.36. The summed E-state index contributed by atoms with van der Waals surface area (Å²) in [5, 5.41) is 10.1. The zero-order valence-corrected chi connectivity index (χ0v) is 19.8. The van der Waals surface area contributed by atoms with Crippen LogP contribution in [0.25, 0.3) is 0 Å². The lowest BCUT2D eigenvalue weighted by Gasteiger charge is -2.10. The van der Waals surface area contributed by atoms with Crippen LogP contribution in [0.1, 0.15) is 31.9 Å². The van der Waals surface area contributed by atoms with E-state index in [4.69, 9.17) is 27.9 Å². The van der Waals surface area contributed by atoms with Gasteiger partial charge in [0, 0.05) is 15.6 Å². The highest BCUT2D eigenvalue weighted by Crippen LogP contribution is 2.25. The molecule has 0 saturated heterocycles. The van der Waals surface area contributed by atoms with Crippen LogP contribution in [-0.4, -0.2) is 20.7 Å². The Bertz CT molecular complexity index is 1250. The molecule has 32 heavy (non-hydrogen) atoms. The number of benzene rings is 2. The van der Waals surface area contributed by atoms with Gasteiger partial charge in [0.15, 0.2) is 0 Å². The molecule has 0 bridgehead atoms. The minimum Gasteiger partial charge on any atom is -0.488 e. The van der Waals surface area contributed by atoms with E-state index in [2.05, 4.69) is 15.4 Å². The molecule has 0 saturated carbocycles. The number of hydrogen-bond acceptors (Lipinski definition) is 5. The van der Waals surface area contributed by atoms with E-state index in [-0.39, 0.29) is 11.9 Å². The number of carbonyl (C=O) groups excluding carboxylic acids is 1. The first-order valence-corrected chi connectivity index (χ1v) is 11.4. The van der Waals surface area contributed by atoms with Crippen LogP contribution in [0.2, 0.25) is 10.0 Å². The summed E-state index contributed by atoms with van der Waals surface area (Å²) >= 11 is 13.5. The largest absolute Gasteiger partial charge is 0.488 e. The fraction of sp³-hybridized carbons (Fsp3) is 0.174. The van der Waals surface area contributed by atoms with Crippen LogP contribution in [0.15, 0.2) is 54.2 Å². The lowest BCUT2D eigenvalue weighted by atomic mass is 10.1. The maximum Gasteiger partial charge on any atom is 0.268 e. The second kappa shape index (κ2) is 9.73. The Labute approximate surface area is 199 Å². The molecule has 0 spiro atoms. The molecule has 4 aromatic rings. The van der Waals surface area contributed by atoms with Crippen molar-refractivity contribution in [1.82, 2.24) is 14.8 Å². The highest BCUT2D eigenvalue weighted by atomic mass is 35.5. The first-order chi connectivity index (χ1) is 15.4. The molecule has 4 rings (SSSR count). The van der Waals surface area contributed by atoms with E-state index in [1.165, 1.54) is 11.3 Å². The number of thiophene rings is 1. The zero-order chi connectivity index (χ0) is 22.7. The monoisotopic (exact) mass is 486 g/mol. The fourth-order valence-corrected chi connectivity index (χ4v) is 4.43. The predicted molar refractivity (Wildman–Crippen MR) is 128 cm³/mol. The molecule has 0 aliphatic carbocycles. The number of nitrogens with one attached hydrogen (secondary N) is 1. The van der Waals surface area contributed by atoms with Crippen LogP contribution >= 0.6 is 34.5 Å². The number of nitrogens with zero attached hydrogens (tertiary/aromatic N) is 3. The van der Waals surface area contributed by atoms with E-state index in [0.717, 1.165) is 28.0 Å². The minimum absolute atomic E-state index is 0.224. The van der Waals surface area contributed by atoms with Gasteiger partial charge in [-0.25, -0.2) is 9.67 Å². The maximum absolute atomic E-state index is 12.6. The molecular weight excluding hydrogens is 467 g/mol. The first kappa shape index (κ1) is 22.3. The third-order valence-corrected chi connectivity index (χ3v) is 6.34. The molecule has 0 atom stereocenters. The summed E-state index contributed by atoms with van der Waals surface area (Å²) in [5.74, 6) is 0.831. The van der Waals surface area contributed by atoms with Crippen molar-refractivity contribution < 1.29 is 9.53 Å². The van der Waals surface area contributed by atoms with Crippen molar-refractivity contribution in [2.75, 3.05) is 5.32 Å². The second-order valence-electron chi connectivity index (χ2n) is 7.28. The van der Waals surface area contributed by atoms with Gasteiger partial charge in [0.1, 0.15) is 18.7 Å². The summed E-state index contributed by atoms with van der Waals surface area (Å²) in [6, 6.07) is 13.1. The summed E-state index contributed by atoms with van der Waals surface area (Å²) in [7, 11) is 0. The molecule has 2 aromatic heterocycles. The van der Waals surface area contributed by atoms with Crippen molar-refractivity contribution in [3.63, 3.8) is 0 Å². The van der Waals surface area contributed by atoms with Gasteiger partial charge < -0.3 is 4.74 Å². The molecule has 0 aliphatic rings. The molecule has 2 aromatic carbocycles. The molecule has 0 unspecified atom stereocenters. The van der Waals surface area contributed by atoms with Gasteiger partial charge in [-0.1, -0.05) is 47.5 Å². The minimum atomic E-state index is -0.268. The SMILES string of the molecule is Cc1cccc(C)c1OCc1csc(C(=O)Nc2ncn(Cc3ccc(Cl)cc3Cl)n2)c1. The van der Waals surface area contributed by atoms with Crippen LogP contribution in [-0.2, 0) is 13.2 Å². The van der Waals surface area contributed by atoms with Crippen LogP contribution < -0.4 is 10.1 Å². The number of carbonyl (C=O) groups is 1. The number of ether oxygens (including phenoxy) is 1. The van der Waals surface area contributed by atoms with Gasteiger partial charge in [-0.15, -0.1) is 16.4 Å². The molecule has 6 nitrogen and oxygen atoms in total. The number of aryl methyl sites for hydroxylation is 2. The quantitative estimate of drug-likeness (QED) is 0.340. The first-order valence-electron chi connectivity index (χ1n) is 9.80. The summed E-state index contributed by atoms with van der Waals surface area (Å²) < 4.78 is 7.57. The van der Waals surface area contributed by atoms with E-state index in [1.54, 1.807) is 23.1 Å². The highest BCUT2D eigenvalue weighted by molar-refractivity contribution is 7.12. The van der Waals surface area contributed by atoms with Crippen molar-refractivity contribution >= 4 is 46.4 Å². The Morgan fingerprint density at radius 3 is 2.69 bits per heavy atom. The second-order valence-corrected chi connectivity index (χ2v) is 9.04. The number of aromatic nitrogens is 3. The standard InChI is InChI=1S/C23H20Cl2N4O2S/c1-14-4-3-5-15(2)21(14)31-11-16-8-20(32-12-16)22(30)27-23-26-13-29(28-23)10-17-6-7-18(24)9-19(17)25/h3-9,12-13H,10-11H2,1-2H3,(H,27,28,30). The smallest absolute Gasteiger partial charge is 0.268 e. The number of para-hydroxylation sites is 1. The summed E-state index contributed by atoms with van der Waals surface area (Å²) in [5.41, 5.74) is 3.95. The number of halogens is 2. The normalized spacial score (nSPS) is 10.9. The number of rotatable bonds is 7. The molecule has 2 heterocycles. The molecule has 0 aliphatic heterocycles. The zero-order valence-electron chi connectivity index (χ0n) is 17.4. The topological polar surface area (TPSA) is 69.0 Å². The van der Waals surface area contributed by atoms with Crippen LogP contribution in [0.3, 0.4) is 0 Å². The molecular formula is C23H20Cl2N4O2S. The molecule has 1 N–H and O–H groups in total. The number of hydrogen-bond donors (Lipinski definition) is 1. The van der Waals surface area contributed by atoms with Gasteiger partial charge in [0.2, 0.25) is 5.95 Å². The van der Waals surface area contributed by atoms with E-state index in [0.29, 0.717) is 28.1 Å². The van der Waals surface area contributed by atoms with Crippen LogP contribution in [0, 0.1) is 13.8 Å². The van der Waals surface area contributed by atoms with Crippen molar-refractivity contribution in [2.45, 2.75) is 27.0 Å². The van der Waals surface area contributed by atoms with Gasteiger partial charge >= 0.3 is 0 Å². The van der Waals surface area contributed by atoms with Gasteiger partial charge in [0.25, 0.3) is 5.91 Å². The van der Waals surface area contributed by atoms with E-state index in [9.17, 15) is 4.79 Å². The average molecular weight is 487 g/mol. The predicted octanol–water partition coefficient (Wildman–Crippen LogP) is 6.14. The van der Waals surface area contributed by atoms with Crippen LogP contribution in [0.4, 0.5) is 5.95 Å². The Kier molecular flexibility index (Phi) is 6.79. The van der Waals surface area contributed by atoms with Crippen LogP contribution in [0.5, 0.6) is 5.75 Å². The molecule has 0 radical (unpaired) electrons. The molecule has 1 amide bonds. The molecule has 164 valence electrons. The summed E-state index contributed by atoms with van der Waals surface area (Å²) in [4.78, 5) is 17.3. The Morgan fingerprint density at radius 2 is 1.94 bits per heavy atom. The van der Waals surface area contributed by atoms with Gasteiger partial charge in [0.05, 0.1) is 11.4 Å². The Hall–Kier alpha value is -2.87. The van der Waals surface area contributed by atoms with Gasteiger partial charge in [-0.3, -0.25) is 10.1 Å². The van der Waals surface area contributed by atoms with E-state index in [1.807, 2.05) is 49.6 Å². The third kappa shape index (κ3) is 5.30. The molecule has 0 fully saturated rings. The van der Waals surface area contributed by atoms with Crippen molar-refractivity contribution in [3.8, 4) is 5.75 Å². The summed E-state index contributed by atoms with van der Waals surface area (Å²) in [6.07, 6.45) is 1.54. The van der Waals surface area contributed by atoms with Crippen molar-refractivity contribution in [1.29, 1.82) is 0 Å². The lowest BCUT2D eigenvalue weighted by Crippen LogP contribution is -2.12. The third-order valence-electron chi connectivity index (χ3n) is 4.78. The average Bonchev–Trinajstić information content (AvgIpc) is 3.39. The maximum atomic E-state index is 12.6. The lowest BCUT2D eigenvalue weighted by molar-refractivity contribution is 0.102. The highest BCUT2D eigenvalue weighted by Gasteiger charge is 2.13. The Morgan fingerprint density at radius 1 is 1.16 bits per heavy atom. The van der Waals surface area contributed by atoms with E-state index < -0.39 is 0 Å². The number of anilines is 1. The number of amides is 1. The summed E-state index contributed by atoms with van der Waals surface area (Å²) in [6.45, 7) is 4.84. The fourth-order valence-electron chi connectivity index (χ4n) is 3.17. The molecule has 9 heteroatoms.